The number of carbonyl (C=O) groups excluding carboxylic acids is 1. The zero-order valence-electron chi connectivity index (χ0n) is 14.8. The first-order valence-corrected chi connectivity index (χ1v) is 9.73. The summed E-state index contributed by atoms with van der Waals surface area (Å²) in [5, 5.41) is 12.8. The van der Waals surface area contributed by atoms with Gasteiger partial charge in [-0.05, 0) is 37.0 Å². The number of aromatic nitrogens is 3. The summed E-state index contributed by atoms with van der Waals surface area (Å²) in [6, 6.07) is 7.75. The maximum atomic E-state index is 12.7. The van der Waals surface area contributed by atoms with Crippen molar-refractivity contribution in [1.82, 2.24) is 25.0 Å². The molecule has 1 amide bonds. The van der Waals surface area contributed by atoms with Crippen LogP contribution in [0, 0.1) is 0 Å². The highest BCUT2D eigenvalue weighted by Gasteiger charge is 2.29. The highest BCUT2D eigenvalue weighted by molar-refractivity contribution is 6.30. The second kappa shape index (κ2) is 7.76. The van der Waals surface area contributed by atoms with Gasteiger partial charge in [-0.2, -0.15) is 0 Å². The van der Waals surface area contributed by atoms with Gasteiger partial charge in [0.2, 0.25) is 5.91 Å². The molecule has 6 nitrogen and oxygen atoms in total. The summed E-state index contributed by atoms with van der Waals surface area (Å²) in [6.45, 7) is 4.24. The first kappa shape index (κ1) is 17.5. The average Bonchev–Trinajstić information content (AvgIpc) is 3.10. The van der Waals surface area contributed by atoms with Gasteiger partial charge in [-0.1, -0.05) is 23.7 Å². The molecule has 1 fully saturated rings. The van der Waals surface area contributed by atoms with Crippen LogP contribution in [0.15, 0.2) is 24.3 Å². The number of benzene rings is 1. The van der Waals surface area contributed by atoms with Crippen LogP contribution in [0.1, 0.15) is 42.4 Å². The fourth-order valence-corrected chi connectivity index (χ4v) is 4.15. The van der Waals surface area contributed by atoms with Crippen molar-refractivity contribution in [3.63, 3.8) is 0 Å². The number of hydrogen-bond donors (Lipinski definition) is 1. The predicted octanol–water partition coefficient (Wildman–Crippen LogP) is 2.37. The molecule has 0 spiro atoms. The molecule has 1 N–H and O–H groups in total. The van der Waals surface area contributed by atoms with E-state index in [-0.39, 0.29) is 5.91 Å². The molecule has 1 atom stereocenters. The van der Waals surface area contributed by atoms with Crippen LogP contribution in [-0.2, 0) is 24.3 Å². The largest absolute Gasteiger partial charge is 0.342 e. The van der Waals surface area contributed by atoms with Gasteiger partial charge in [0.15, 0.2) is 0 Å². The molecular weight excluding hydrogens is 350 g/mol. The van der Waals surface area contributed by atoms with E-state index in [0.717, 1.165) is 74.2 Å². The molecule has 1 aromatic heterocycles. The summed E-state index contributed by atoms with van der Waals surface area (Å²) in [4.78, 5) is 14.7. The van der Waals surface area contributed by atoms with Gasteiger partial charge in [0.05, 0.1) is 6.54 Å². The van der Waals surface area contributed by atoms with Crippen molar-refractivity contribution in [3.05, 3.63) is 46.5 Å². The Bertz CT molecular complexity index is 790. The normalized spacial score (nSPS) is 20.0. The van der Waals surface area contributed by atoms with Gasteiger partial charge in [0.1, 0.15) is 11.6 Å². The Labute approximate surface area is 158 Å². The molecule has 0 bridgehead atoms. The summed E-state index contributed by atoms with van der Waals surface area (Å²) in [6.07, 6.45) is 3.35. The Kier molecular flexibility index (Phi) is 5.22. The predicted molar refractivity (Wildman–Crippen MR) is 100 cm³/mol. The van der Waals surface area contributed by atoms with E-state index >= 15 is 0 Å². The quantitative estimate of drug-likeness (QED) is 0.893. The topological polar surface area (TPSA) is 63.1 Å². The first-order valence-electron chi connectivity index (χ1n) is 9.35. The third-order valence-electron chi connectivity index (χ3n) is 5.31. The van der Waals surface area contributed by atoms with Crippen molar-refractivity contribution in [1.29, 1.82) is 0 Å². The second-order valence-electron chi connectivity index (χ2n) is 7.11. The lowest BCUT2D eigenvalue weighted by Gasteiger charge is -2.33. The van der Waals surface area contributed by atoms with E-state index in [9.17, 15) is 4.79 Å². The molecule has 26 heavy (non-hydrogen) atoms. The zero-order chi connectivity index (χ0) is 17.9. The Hall–Kier alpha value is -1.92. The molecule has 2 aromatic rings. The molecule has 2 aliphatic heterocycles. The van der Waals surface area contributed by atoms with Gasteiger partial charge in [-0.25, -0.2) is 0 Å². The summed E-state index contributed by atoms with van der Waals surface area (Å²) in [5.41, 5.74) is 1.11. The monoisotopic (exact) mass is 373 g/mol. The highest BCUT2D eigenvalue weighted by Crippen LogP contribution is 2.27. The Morgan fingerprint density at radius 2 is 2.23 bits per heavy atom. The van der Waals surface area contributed by atoms with E-state index in [1.54, 1.807) is 0 Å². The lowest BCUT2D eigenvalue weighted by atomic mass is 9.96. The molecule has 138 valence electrons. The summed E-state index contributed by atoms with van der Waals surface area (Å²) < 4.78 is 2.24. The van der Waals surface area contributed by atoms with Gasteiger partial charge in [-0.15, -0.1) is 10.2 Å². The Morgan fingerprint density at radius 3 is 3.12 bits per heavy atom. The third kappa shape index (κ3) is 3.76. The molecule has 0 unspecified atom stereocenters. The van der Waals surface area contributed by atoms with Crippen LogP contribution in [0.4, 0.5) is 0 Å². The number of fused-ring (bicyclic) bond motifs is 1. The van der Waals surface area contributed by atoms with Crippen molar-refractivity contribution < 1.29 is 4.79 Å². The first-order chi connectivity index (χ1) is 12.7. The molecule has 0 aliphatic carbocycles. The number of rotatable bonds is 4. The number of nitrogens with one attached hydrogen (secondary N) is 1. The lowest BCUT2D eigenvalue weighted by molar-refractivity contribution is -0.132. The van der Waals surface area contributed by atoms with Crippen LogP contribution in [0.3, 0.4) is 0 Å². The summed E-state index contributed by atoms with van der Waals surface area (Å²) in [7, 11) is 0. The smallest absolute Gasteiger partial charge is 0.222 e. The molecule has 4 rings (SSSR count). The van der Waals surface area contributed by atoms with Crippen molar-refractivity contribution in [2.45, 2.75) is 44.7 Å². The van der Waals surface area contributed by atoms with Crippen molar-refractivity contribution in [3.8, 4) is 0 Å². The van der Waals surface area contributed by atoms with Gasteiger partial charge >= 0.3 is 0 Å². The fourth-order valence-electron chi connectivity index (χ4n) is 3.93. The lowest BCUT2D eigenvalue weighted by Crippen LogP contribution is -2.40. The second-order valence-corrected chi connectivity index (χ2v) is 7.55. The van der Waals surface area contributed by atoms with Crippen LogP contribution in [-0.4, -0.2) is 45.2 Å². The fraction of sp³-hybridized carbons (Fsp3) is 0.526. The van der Waals surface area contributed by atoms with E-state index in [2.05, 4.69) is 20.1 Å². The summed E-state index contributed by atoms with van der Waals surface area (Å²) >= 11 is 6.03. The van der Waals surface area contributed by atoms with E-state index in [4.69, 9.17) is 11.6 Å². The van der Waals surface area contributed by atoms with Crippen LogP contribution in [0.25, 0.3) is 0 Å². The van der Waals surface area contributed by atoms with Crippen molar-refractivity contribution >= 4 is 17.5 Å². The number of carbonyl (C=O) groups is 1. The molecular formula is C19H24ClN5O. The number of aryl methyl sites for hydroxylation is 1. The van der Waals surface area contributed by atoms with Crippen molar-refractivity contribution in [2.24, 2.45) is 0 Å². The number of piperidine rings is 1. The number of likely N-dealkylation sites (tertiary alicyclic amines) is 1. The van der Waals surface area contributed by atoms with Crippen LogP contribution >= 0.6 is 11.6 Å². The maximum Gasteiger partial charge on any atom is 0.222 e. The van der Waals surface area contributed by atoms with Gasteiger partial charge < -0.3 is 14.8 Å². The maximum absolute atomic E-state index is 12.7. The molecule has 2 aliphatic rings. The Balaban J connectivity index is 1.38. The Morgan fingerprint density at radius 1 is 1.31 bits per heavy atom. The van der Waals surface area contributed by atoms with Gasteiger partial charge in [0.25, 0.3) is 0 Å². The molecule has 0 saturated carbocycles. The number of nitrogens with zero attached hydrogens (tertiary/aromatic N) is 4. The standard InChI is InChI=1S/C19H24ClN5O/c20-16-5-1-3-14(11-16)6-7-18(26)24-9-2-4-15(13-24)19-23-22-17-12-21-8-10-25(17)19/h1,3,5,11,15,21H,2,4,6-10,12-13H2/t15-/m0/s1. The van der Waals surface area contributed by atoms with Crippen molar-refractivity contribution in [2.75, 3.05) is 19.6 Å². The molecule has 0 radical (unpaired) electrons. The minimum atomic E-state index is 0.217. The summed E-state index contributed by atoms with van der Waals surface area (Å²) in [5.74, 6) is 2.57. The van der Waals surface area contributed by atoms with E-state index < -0.39 is 0 Å². The van der Waals surface area contributed by atoms with Gasteiger partial charge in [0, 0.05) is 43.5 Å². The molecule has 3 heterocycles. The van der Waals surface area contributed by atoms with Crippen LogP contribution in [0.2, 0.25) is 5.02 Å². The highest BCUT2D eigenvalue weighted by atomic mass is 35.5. The number of hydrogen-bond acceptors (Lipinski definition) is 4. The molecule has 1 saturated heterocycles. The van der Waals surface area contributed by atoms with Crippen LogP contribution in [0.5, 0.6) is 0 Å². The minimum Gasteiger partial charge on any atom is -0.342 e. The van der Waals surface area contributed by atoms with E-state index in [0.29, 0.717) is 12.3 Å². The number of halogens is 1. The zero-order valence-corrected chi connectivity index (χ0v) is 15.6. The third-order valence-corrected chi connectivity index (χ3v) is 5.54. The minimum absolute atomic E-state index is 0.217. The van der Waals surface area contributed by atoms with Gasteiger partial charge in [-0.3, -0.25) is 4.79 Å². The average molecular weight is 374 g/mol. The van der Waals surface area contributed by atoms with Crippen LogP contribution < -0.4 is 5.32 Å². The van der Waals surface area contributed by atoms with E-state index in [1.807, 2.05) is 29.2 Å². The van der Waals surface area contributed by atoms with E-state index in [1.165, 1.54) is 0 Å². The molecule has 1 aromatic carbocycles. The number of amides is 1. The SMILES string of the molecule is O=C(CCc1cccc(Cl)c1)N1CCC[C@H](c2nnc3n2CCNC3)C1. The molecule has 7 heteroatoms.